The summed E-state index contributed by atoms with van der Waals surface area (Å²) in [4.78, 5) is 11.5. The van der Waals surface area contributed by atoms with Gasteiger partial charge in [-0.2, -0.15) is 0 Å². The molecule has 1 fully saturated rings. The molecule has 0 unspecified atom stereocenters. The van der Waals surface area contributed by atoms with Gasteiger partial charge in [-0.1, -0.05) is 18.9 Å². The zero-order chi connectivity index (χ0) is 13.0. The van der Waals surface area contributed by atoms with Gasteiger partial charge in [-0.3, -0.25) is 0 Å². The molecule has 1 aromatic carbocycles. The van der Waals surface area contributed by atoms with Gasteiger partial charge in [0.15, 0.2) is 0 Å². The van der Waals surface area contributed by atoms with Gasteiger partial charge >= 0.3 is 5.97 Å². The van der Waals surface area contributed by atoms with E-state index in [1.54, 1.807) is 0 Å². The van der Waals surface area contributed by atoms with Crippen LogP contribution in [0.4, 0.5) is 5.69 Å². The molecule has 1 aliphatic rings. The zero-order valence-electron chi connectivity index (χ0n) is 11.2. The summed E-state index contributed by atoms with van der Waals surface area (Å²) >= 11 is 0. The Labute approximate surface area is 109 Å². The molecule has 0 bridgehead atoms. The Morgan fingerprint density at radius 3 is 2.78 bits per heavy atom. The second-order valence-corrected chi connectivity index (χ2v) is 5.05. The fourth-order valence-electron chi connectivity index (χ4n) is 2.53. The summed E-state index contributed by atoms with van der Waals surface area (Å²) in [6.45, 7) is 3.06. The average molecular weight is 247 g/mol. The minimum atomic E-state index is -0.279. The molecule has 0 amide bonds. The fourth-order valence-corrected chi connectivity index (χ4v) is 2.53. The summed E-state index contributed by atoms with van der Waals surface area (Å²) < 4.78 is 4.74. The molecule has 3 nitrogen and oxygen atoms in total. The lowest BCUT2D eigenvalue weighted by Crippen LogP contribution is -2.12. The molecular formula is C15H21NO2. The summed E-state index contributed by atoms with van der Waals surface area (Å²) in [6.07, 6.45) is 5.35. The van der Waals surface area contributed by atoms with Gasteiger partial charge < -0.3 is 10.1 Å². The third-order valence-corrected chi connectivity index (χ3v) is 3.71. The molecule has 1 N–H and O–H groups in total. The summed E-state index contributed by atoms with van der Waals surface area (Å²) in [6, 6.07) is 5.65. The highest BCUT2D eigenvalue weighted by atomic mass is 16.5. The Balaban J connectivity index is 2.03. The highest BCUT2D eigenvalue weighted by Crippen LogP contribution is 2.26. The summed E-state index contributed by atoms with van der Waals surface area (Å²) in [5.74, 6) is 0.505. The molecule has 2 rings (SSSR count). The monoisotopic (exact) mass is 247 g/mol. The van der Waals surface area contributed by atoms with Crippen molar-refractivity contribution >= 4 is 11.7 Å². The number of hydrogen-bond acceptors (Lipinski definition) is 3. The number of nitrogens with one attached hydrogen (secondary N) is 1. The number of carbonyl (C=O) groups is 1. The van der Waals surface area contributed by atoms with E-state index in [2.05, 4.69) is 12.2 Å². The van der Waals surface area contributed by atoms with E-state index in [-0.39, 0.29) is 5.97 Å². The lowest BCUT2D eigenvalue weighted by molar-refractivity contribution is 0.0601. The molecule has 1 aliphatic carbocycles. The standard InChI is InChI=1S/C15H21NO2/c1-11-7-8-13(15(17)18-2)9-14(11)16-10-12-5-3-4-6-12/h7-9,12,16H,3-6,10H2,1-2H3. The second kappa shape index (κ2) is 5.89. The van der Waals surface area contributed by atoms with Crippen LogP contribution in [0, 0.1) is 12.8 Å². The molecule has 3 heteroatoms. The number of rotatable bonds is 4. The van der Waals surface area contributed by atoms with E-state index in [1.807, 2.05) is 18.2 Å². The first kappa shape index (κ1) is 12.9. The van der Waals surface area contributed by atoms with Crippen molar-refractivity contribution in [1.82, 2.24) is 0 Å². The minimum Gasteiger partial charge on any atom is -0.465 e. The molecule has 1 saturated carbocycles. The third kappa shape index (κ3) is 3.03. The highest BCUT2D eigenvalue weighted by molar-refractivity contribution is 5.90. The number of carbonyl (C=O) groups excluding carboxylic acids is 1. The maximum atomic E-state index is 11.5. The average Bonchev–Trinajstić information content (AvgIpc) is 2.90. The van der Waals surface area contributed by atoms with Crippen molar-refractivity contribution in [3.63, 3.8) is 0 Å². The number of aryl methyl sites for hydroxylation is 1. The smallest absolute Gasteiger partial charge is 0.337 e. The Morgan fingerprint density at radius 1 is 1.39 bits per heavy atom. The van der Waals surface area contributed by atoms with Gasteiger partial charge in [0.1, 0.15) is 0 Å². The quantitative estimate of drug-likeness (QED) is 0.829. The largest absolute Gasteiger partial charge is 0.465 e. The number of esters is 1. The van der Waals surface area contributed by atoms with Gasteiger partial charge in [0.25, 0.3) is 0 Å². The van der Waals surface area contributed by atoms with Crippen LogP contribution < -0.4 is 5.32 Å². The first-order valence-corrected chi connectivity index (χ1v) is 6.63. The van der Waals surface area contributed by atoms with Gasteiger partial charge in [-0.25, -0.2) is 4.79 Å². The number of methoxy groups -OCH3 is 1. The molecule has 18 heavy (non-hydrogen) atoms. The lowest BCUT2D eigenvalue weighted by Gasteiger charge is -2.14. The number of ether oxygens (including phenoxy) is 1. The molecule has 0 heterocycles. The number of hydrogen-bond donors (Lipinski definition) is 1. The van der Waals surface area contributed by atoms with E-state index < -0.39 is 0 Å². The van der Waals surface area contributed by atoms with E-state index in [4.69, 9.17) is 4.74 Å². The summed E-state index contributed by atoms with van der Waals surface area (Å²) in [5, 5.41) is 3.47. The fraction of sp³-hybridized carbons (Fsp3) is 0.533. The van der Waals surface area contributed by atoms with Crippen LogP contribution in [0.1, 0.15) is 41.6 Å². The van der Waals surface area contributed by atoms with Crippen LogP contribution in [0.25, 0.3) is 0 Å². The van der Waals surface area contributed by atoms with E-state index in [9.17, 15) is 4.79 Å². The van der Waals surface area contributed by atoms with Gasteiger partial charge in [0.2, 0.25) is 0 Å². The predicted octanol–water partition coefficient (Wildman–Crippen LogP) is 3.38. The van der Waals surface area contributed by atoms with Crippen LogP contribution in [-0.2, 0) is 4.74 Å². The van der Waals surface area contributed by atoms with Crippen molar-refractivity contribution in [3.05, 3.63) is 29.3 Å². The van der Waals surface area contributed by atoms with Gasteiger partial charge in [-0.05, 0) is 43.4 Å². The van der Waals surface area contributed by atoms with Crippen molar-refractivity contribution in [2.75, 3.05) is 19.0 Å². The maximum Gasteiger partial charge on any atom is 0.337 e. The second-order valence-electron chi connectivity index (χ2n) is 5.05. The molecule has 0 aliphatic heterocycles. The zero-order valence-corrected chi connectivity index (χ0v) is 11.2. The van der Waals surface area contributed by atoms with Gasteiger partial charge in [0.05, 0.1) is 12.7 Å². The first-order valence-electron chi connectivity index (χ1n) is 6.63. The molecule has 98 valence electrons. The Morgan fingerprint density at radius 2 is 2.11 bits per heavy atom. The molecule has 0 atom stereocenters. The highest BCUT2D eigenvalue weighted by Gasteiger charge is 2.15. The van der Waals surface area contributed by atoms with Crippen LogP contribution in [0.5, 0.6) is 0 Å². The van der Waals surface area contributed by atoms with Gasteiger partial charge in [-0.15, -0.1) is 0 Å². The van der Waals surface area contributed by atoms with Gasteiger partial charge in [0, 0.05) is 12.2 Å². The Kier molecular flexibility index (Phi) is 4.24. The van der Waals surface area contributed by atoms with Crippen LogP contribution in [0.3, 0.4) is 0 Å². The molecule has 1 aromatic rings. The summed E-state index contributed by atoms with van der Waals surface area (Å²) in [5.41, 5.74) is 2.82. The van der Waals surface area contributed by atoms with E-state index in [0.29, 0.717) is 5.56 Å². The Hall–Kier alpha value is -1.51. The molecule has 0 aromatic heterocycles. The third-order valence-electron chi connectivity index (χ3n) is 3.71. The van der Waals surface area contributed by atoms with Crippen molar-refractivity contribution < 1.29 is 9.53 Å². The lowest BCUT2D eigenvalue weighted by atomic mass is 10.1. The van der Waals surface area contributed by atoms with Crippen molar-refractivity contribution in [2.45, 2.75) is 32.6 Å². The first-order chi connectivity index (χ1) is 8.70. The Bertz CT molecular complexity index is 423. The SMILES string of the molecule is COC(=O)c1ccc(C)c(NCC2CCCC2)c1. The maximum absolute atomic E-state index is 11.5. The van der Waals surface area contributed by atoms with Crippen LogP contribution in [0.15, 0.2) is 18.2 Å². The summed E-state index contributed by atoms with van der Waals surface area (Å²) in [7, 11) is 1.41. The van der Waals surface area contributed by atoms with E-state index in [0.717, 1.165) is 18.2 Å². The van der Waals surface area contributed by atoms with Crippen LogP contribution in [0.2, 0.25) is 0 Å². The van der Waals surface area contributed by atoms with Crippen molar-refractivity contribution in [1.29, 1.82) is 0 Å². The van der Waals surface area contributed by atoms with Crippen molar-refractivity contribution in [3.8, 4) is 0 Å². The normalized spacial score (nSPS) is 15.7. The van der Waals surface area contributed by atoms with E-state index in [1.165, 1.54) is 38.4 Å². The topological polar surface area (TPSA) is 38.3 Å². The molecule has 0 spiro atoms. The predicted molar refractivity (Wildman–Crippen MR) is 73.0 cm³/mol. The van der Waals surface area contributed by atoms with Crippen LogP contribution >= 0.6 is 0 Å². The number of benzene rings is 1. The van der Waals surface area contributed by atoms with Crippen LogP contribution in [-0.4, -0.2) is 19.6 Å². The molecular weight excluding hydrogens is 226 g/mol. The molecule has 0 radical (unpaired) electrons. The van der Waals surface area contributed by atoms with E-state index >= 15 is 0 Å². The number of anilines is 1. The van der Waals surface area contributed by atoms with Crippen molar-refractivity contribution in [2.24, 2.45) is 5.92 Å². The molecule has 0 saturated heterocycles. The minimum absolute atomic E-state index is 0.279.